The van der Waals surface area contributed by atoms with Crippen LogP contribution in [0.2, 0.25) is 0 Å². The zero-order valence-electron chi connectivity index (χ0n) is 15.3. The maximum atomic E-state index is 13.3. The van der Waals surface area contributed by atoms with E-state index in [1.807, 2.05) is 11.6 Å². The molecule has 0 aliphatic carbocycles. The number of nitrogens with two attached hydrogens (primary N) is 1. The minimum absolute atomic E-state index is 0.0746. The predicted octanol–water partition coefficient (Wildman–Crippen LogP) is 2.97. The van der Waals surface area contributed by atoms with Crippen LogP contribution >= 0.6 is 0 Å². The van der Waals surface area contributed by atoms with Crippen LogP contribution in [-0.2, 0) is 17.8 Å². The van der Waals surface area contributed by atoms with Crippen LogP contribution in [0.25, 0.3) is 5.69 Å². The van der Waals surface area contributed by atoms with Gasteiger partial charge in [-0.2, -0.15) is 5.10 Å². The summed E-state index contributed by atoms with van der Waals surface area (Å²) >= 11 is 0. The molecule has 1 aliphatic rings. The molecule has 0 bridgehead atoms. The first-order chi connectivity index (χ1) is 13.5. The second kappa shape index (κ2) is 7.29. The van der Waals surface area contributed by atoms with Crippen LogP contribution in [0.4, 0.5) is 4.39 Å². The highest BCUT2D eigenvalue weighted by Crippen LogP contribution is 2.26. The van der Waals surface area contributed by atoms with Crippen molar-refractivity contribution in [2.75, 3.05) is 0 Å². The summed E-state index contributed by atoms with van der Waals surface area (Å²) in [6, 6.07) is 13.0. The smallest absolute Gasteiger partial charge is 0.248 e. The lowest BCUT2D eigenvalue weighted by Crippen LogP contribution is -2.21. The Kier molecular flexibility index (Phi) is 4.68. The molecule has 28 heavy (non-hydrogen) atoms. The van der Waals surface area contributed by atoms with Crippen LogP contribution in [-0.4, -0.2) is 21.8 Å². The van der Waals surface area contributed by atoms with E-state index < -0.39 is 5.91 Å². The fourth-order valence-corrected chi connectivity index (χ4v) is 3.15. The van der Waals surface area contributed by atoms with Crippen molar-refractivity contribution in [1.82, 2.24) is 9.78 Å². The Hall–Kier alpha value is -3.43. The van der Waals surface area contributed by atoms with E-state index in [2.05, 4.69) is 16.9 Å². The van der Waals surface area contributed by atoms with Gasteiger partial charge in [0, 0.05) is 23.1 Å². The number of hydrogen-bond acceptors (Lipinski definition) is 3. The van der Waals surface area contributed by atoms with Crippen molar-refractivity contribution < 1.29 is 13.9 Å². The first kappa shape index (κ1) is 18.0. The first-order valence-electron chi connectivity index (χ1n) is 8.91. The van der Waals surface area contributed by atoms with Gasteiger partial charge in [0.2, 0.25) is 5.91 Å². The molecule has 2 N–H and O–H groups in total. The number of carbonyl (C=O) groups excluding carboxylic acids is 1. The summed E-state index contributed by atoms with van der Waals surface area (Å²) in [5, 5.41) is 4.65. The number of hydrogen-bond donors (Lipinski definition) is 1. The molecule has 0 saturated carbocycles. The monoisotopic (exact) mass is 375 g/mol. The fraction of sp³-hybridized carbons (Fsp3) is 0.182. The summed E-state index contributed by atoms with van der Waals surface area (Å²) in [5.74, 6) is 5.41. The second-order valence-electron chi connectivity index (χ2n) is 6.68. The number of ether oxygens (including phenoxy) is 1. The number of aromatic nitrogens is 2. The summed E-state index contributed by atoms with van der Waals surface area (Å²) in [7, 11) is 0. The van der Waals surface area contributed by atoms with Gasteiger partial charge >= 0.3 is 0 Å². The van der Waals surface area contributed by atoms with Crippen molar-refractivity contribution in [3.8, 4) is 17.5 Å². The molecule has 0 saturated heterocycles. The number of amides is 1. The van der Waals surface area contributed by atoms with Gasteiger partial charge in [0.25, 0.3) is 0 Å². The van der Waals surface area contributed by atoms with Crippen LogP contribution < -0.4 is 5.73 Å². The van der Waals surface area contributed by atoms with E-state index >= 15 is 0 Å². The molecule has 2 aromatic carbocycles. The average molecular weight is 375 g/mol. The largest absolute Gasteiger partial charge is 0.373 e. The van der Waals surface area contributed by atoms with Gasteiger partial charge in [-0.3, -0.25) is 4.79 Å². The molecular weight excluding hydrogens is 357 g/mol. The summed E-state index contributed by atoms with van der Waals surface area (Å²) in [6.45, 7) is 2.44. The van der Waals surface area contributed by atoms with E-state index in [-0.39, 0.29) is 11.9 Å². The van der Waals surface area contributed by atoms with Crippen molar-refractivity contribution in [1.29, 1.82) is 0 Å². The third-order valence-corrected chi connectivity index (χ3v) is 4.65. The number of halogens is 1. The summed E-state index contributed by atoms with van der Waals surface area (Å²) < 4.78 is 20.9. The predicted molar refractivity (Wildman–Crippen MR) is 102 cm³/mol. The Morgan fingerprint density at radius 3 is 2.57 bits per heavy atom. The van der Waals surface area contributed by atoms with E-state index in [4.69, 9.17) is 10.5 Å². The second-order valence-corrected chi connectivity index (χ2v) is 6.68. The number of benzene rings is 2. The Morgan fingerprint density at radius 1 is 1.18 bits per heavy atom. The molecule has 5 nitrogen and oxygen atoms in total. The molecule has 6 heteroatoms. The zero-order chi connectivity index (χ0) is 19.7. The topological polar surface area (TPSA) is 70.1 Å². The standard InChI is InChI=1S/C22H18FN3O2/c1-14-12-21-19(13-28-14)20(25-26(21)18-9-7-17(23)8-10-18)11-4-15-2-5-16(6-3-15)22(24)27/h2-3,5-10,14H,12-13H2,1H3,(H2,24,27)/t14-/m0/s1. The molecule has 0 spiro atoms. The normalized spacial score (nSPS) is 15.4. The molecule has 1 amide bonds. The van der Waals surface area contributed by atoms with Crippen molar-refractivity contribution in [2.45, 2.75) is 26.1 Å². The maximum absolute atomic E-state index is 13.3. The highest BCUT2D eigenvalue weighted by molar-refractivity contribution is 5.92. The SMILES string of the molecule is C[C@H]1Cc2c(c(C#Cc3ccc(C(N)=O)cc3)nn2-c2ccc(F)cc2)CO1. The Balaban J connectivity index is 1.73. The lowest BCUT2D eigenvalue weighted by molar-refractivity contribution is 0.0397. The van der Waals surface area contributed by atoms with Gasteiger partial charge in [0.1, 0.15) is 11.5 Å². The highest BCUT2D eigenvalue weighted by atomic mass is 19.1. The molecule has 0 radical (unpaired) electrons. The number of rotatable bonds is 2. The maximum Gasteiger partial charge on any atom is 0.248 e. The minimum Gasteiger partial charge on any atom is -0.373 e. The van der Waals surface area contributed by atoms with E-state index in [9.17, 15) is 9.18 Å². The molecular formula is C22H18FN3O2. The van der Waals surface area contributed by atoms with Gasteiger partial charge in [-0.15, -0.1) is 0 Å². The third kappa shape index (κ3) is 3.53. The van der Waals surface area contributed by atoms with Crippen LogP contribution in [0.1, 0.15) is 39.8 Å². The number of primary amides is 1. The van der Waals surface area contributed by atoms with Gasteiger partial charge in [-0.25, -0.2) is 9.07 Å². The summed E-state index contributed by atoms with van der Waals surface area (Å²) in [5.41, 5.74) is 9.83. The third-order valence-electron chi connectivity index (χ3n) is 4.65. The molecule has 0 unspecified atom stereocenters. The van der Waals surface area contributed by atoms with Crippen molar-refractivity contribution in [2.24, 2.45) is 5.73 Å². The van der Waals surface area contributed by atoms with E-state index in [0.29, 0.717) is 24.3 Å². The average Bonchev–Trinajstić information content (AvgIpc) is 3.05. The van der Waals surface area contributed by atoms with Gasteiger partial charge in [-0.05, 0) is 61.4 Å². The highest BCUT2D eigenvalue weighted by Gasteiger charge is 2.24. The van der Waals surface area contributed by atoms with E-state index in [0.717, 1.165) is 22.5 Å². The number of nitrogens with zero attached hydrogens (tertiary/aromatic N) is 2. The minimum atomic E-state index is -0.474. The summed E-state index contributed by atoms with van der Waals surface area (Å²) in [6.07, 6.45) is 0.778. The van der Waals surface area contributed by atoms with Crippen LogP contribution in [0.15, 0.2) is 48.5 Å². The first-order valence-corrected chi connectivity index (χ1v) is 8.91. The Labute approximate surface area is 161 Å². The van der Waals surface area contributed by atoms with Crippen LogP contribution in [0.3, 0.4) is 0 Å². The molecule has 1 aromatic heterocycles. The van der Waals surface area contributed by atoms with Crippen molar-refractivity contribution >= 4 is 5.91 Å². The lowest BCUT2D eigenvalue weighted by Gasteiger charge is -2.20. The number of carbonyl (C=O) groups is 1. The molecule has 2 heterocycles. The van der Waals surface area contributed by atoms with Gasteiger partial charge in [0.15, 0.2) is 0 Å². The van der Waals surface area contributed by atoms with Gasteiger partial charge < -0.3 is 10.5 Å². The number of fused-ring (bicyclic) bond motifs is 1. The molecule has 4 rings (SSSR count). The van der Waals surface area contributed by atoms with Crippen molar-refractivity contribution in [3.05, 3.63) is 82.4 Å². The Morgan fingerprint density at radius 2 is 1.89 bits per heavy atom. The quantitative estimate of drug-likeness (QED) is 0.700. The van der Waals surface area contributed by atoms with Crippen molar-refractivity contribution in [3.63, 3.8) is 0 Å². The zero-order valence-corrected chi connectivity index (χ0v) is 15.3. The molecule has 140 valence electrons. The van der Waals surface area contributed by atoms with Crippen LogP contribution in [0, 0.1) is 17.7 Å². The molecule has 1 atom stereocenters. The molecule has 1 aliphatic heterocycles. The van der Waals surface area contributed by atoms with Gasteiger partial charge in [-0.1, -0.05) is 5.92 Å². The molecule has 0 fully saturated rings. The van der Waals surface area contributed by atoms with Crippen LogP contribution in [0.5, 0.6) is 0 Å². The molecule has 3 aromatic rings. The van der Waals surface area contributed by atoms with E-state index in [1.165, 1.54) is 12.1 Å². The Bertz CT molecular complexity index is 1090. The fourth-order valence-electron chi connectivity index (χ4n) is 3.15. The summed E-state index contributed by atoms with van der Waals surface area (Å²) in [4.78, 5) is 11.2. The van der Waals surface area contributed by atoms with Gasteiger partial charge in [0.05, 0.1) is 24.1 Å². The van der Waals surface area contributed by atoms with E-state index in [1.54, 1.807) is 36.4 Å². The lowest BCUT2D eigenvalue weighted by atomic mass is 10.0.